The maximum absolute atomic E-state index is 12.6. The molecule has 2 aliphatic rings. The molecular weight excluding hydrogens is 364 g/mol. The summed E-state index contributed by atoms with van der Waals surface area (Å²) < 4.78 is 5.27. The van der Waals surface area contributed by atoms with E-state index in [-0.39, 0.29) is 23.9 Å². The third-order valence-electron chi connectivity index (χ3n) is 6.22. The summed E-state index contributed by atoms with van der Waals surface area (Å²) in [6.07, 6.45) is 2.51. The highest BCUT2D eigenvalue weighted by Crippen LogP contribution is 2.39. The molecule has 1 aliphatic heterocycles. The number of piperidine rings is 1. The van der Waals surface area contributed by atoms with Gasteiger partial charge in [-0.3, -0.25) is 9.69 Å². The lowest BCUT2D eigenvalue weighted by Crippen LogP contribution is -2.62. The smallest absolute Gasteiger partial charge is 0.223 e. The summed E-state index contributed by atoms with van der Waals surface area (Å²) in [4.78, 5) is 15.0. The van der Waals surface area contributed by atoms with Crippen LogP contribution in [-0.2, 0) is 11.3 Å². The molecule has 0 radical (unpaired) electrons. The molecule has 5 nitrogen and oxygen atoms in total. The van der Waals surface area contributed by atoms with Gasteiger partial charge in [0.15, 0.2) is 0 Å². The molecule has 1 saturated carbocycles. The molecule has 0 unspecified atom stereocenters. The highest BCUT2D eigenvalue weighted by molar-refractivity contribution is 5.81. The minimum Gasteiger partial charge on any atom is -0.497 e. The number of ether oxygens (including phenoxy) is 1. The maximum atomic E-state index is 12.6. The molecule has 2 N–H and O–H groups in total. The Labute approximate surface area is 172 Å². The highest BCUT2D eigenvalue weighted by atomic mass is 16.5. The van der Waals surface area contributed by atoms with Crippen LogP contribution in [0.15, 0.2) is 54.6 Å². The molecule has 2 fully saturated rings. The van der Waals surface area contributed by atoms with Gasteiger partial charge in [-0.05, 0) is 49.4 Å². The van der Waals surface area contributed by atoms with Crippen LogP contribution in [0.5, 0.6) is 5.75 Å². The minimum absolute atomic E-state index is 0.0718. The molecule has 0 aromatic heterocycles. The number of amides is 1. The van der Waals surface area contributed by atoms with Crippen LogP contribution in [0.25, 0.3) is 0 Å². The van der Waals surface area contributed by atoms with Crippen LogP contribution in [0, 0.1) is 5.92 Å². The normalized spacial score (nSPS) is 27.4. The Morgan fingerprint density at radius 1 is 1.17 bits per heavy atom. The van der Waals surface area contributed by atoms with Gasteiger partial charge in [0.05, 0.1) is 24.8 Å². The van der Waals surface area contributed by atoms with Crippen molar-refractivity contribution in [1.29, 1.82) is 0 Å². The molecule has 5 heteroatoms. The van der Waals surface area contributed by atoms with Crippen LogP contribution >= 0.6 is 0 Å². The lowest BCUT2D eigenvalue weighted by atomic mass is 9.79. The van der Waals surface area contributed by atoms with Gasteiger partial charge in [-0.15, -0.1) is 0 Å². The first-order valence-electron chi connectivity index (χ1n) is 10.4. The summed E-state index contributed by atoms with van der Waals surface area (Å²) in [5, 5.41) is 14.4. The van der Waals surface area contributed by atoms with Gasteiger partial charge in [-0.1, -0.05) is 42.5 Å². The number of carbonyl (C=O) groups excluding carboxylic acids is 1. The first-order chi connectivity index (χ1) is 14.0. The Hall–Kier alpha value is -2.37. The van der Waals surface area contributed by atoms with Crippen LogP contribution in [0.2, 0.25) is 0 Å². The second kappa shape index (κ2) is 8.17. The van der Waals surface area contributed by atoms with Crippen LogP contribution in [-0.4, -0.2) is 41.2 Å². The predicted molar refractivity (Wildman–Crippen MR) is 112 cm³/mol. The molecule has 1 aliphatic carbocycles. The molecule has 3 atom stereocenters. The summed E-state index contributed by atoms with van der Waals surface area (Å²) in [5.74, 6) is 1.02. The van der Waals surface area contributed by atoms with E-state index < -0.39 is 5.60 Å². The number of carbonyl (C=O) groups is 1. The van der Waals surface area contributed by atoms with E-state index in [4.69, 9.17) is 4.74 Å². The predicted octanol–water partition coefficient (Wildman–Crippen LogP) is 3.29. The summed E-state index contributed by atoms with van der Waals surface area (Å²) in [5.41, 5.74) is 1.34. The van der Waals surface area contributed by atoms with Crippen molar-refractivity contribution in [3.63, 3.8) is 0 Å². The number of hydrogen-bond donors (Lipinski definition) is 2. The second-order valence-electron chi connectivity index (χ2n) is 8.54. The Morgan fingerprint density at radius 2 is 1.86 bits per heavy atom. The van der Waals surface area contributed by atoms with E-state index in [1.54, 1.807) is 7.11 Å². The lowest BCUT2D eigenvalue weighted by Gasteiger charge is -2.49. The number of aliphatic hydroxyl groups is 1. The van der Waals surface area contributed by atoms with Crippen molar-refractivity contribution in [2.24, 2.45) is 5.92 Å². The van der Waals surface area contributed by atoms with Crippen molar-refractivity contribution in [1.82, 2.24) is 10.2 Å². The van der Waals surface area contributed by atoms with E-state index in [1.807, 2.05) is 37.3 Å². The van der Waals surface area contributed by atoms with E-state index in [9.17, 15) is 9.90 Å². The summed E-state index contributed by atoms with van der Waals surface area (Å²) in [7, 11) is 1.67. The fraction of sp³-hybridized carbons (Fsp3) is 0.458. The van der Waals surface area contributed by atoms with Crippen molar-refractivity contribution >= 4 is 5.91 Å². The average Bonchev–Trinajstić information content (AvgIpc) is 3.57. The first-order valence-corrected chi connectivity index (χ1v) is 10.4. The molecule has 2 aromatic carbocycles. The number of nitrogens with one attached hydrogen (secondary N) is 1. The molecule has 1 saturated heterocycles. The SMILES string of the molecule is COc1ccc(CN2CC[C@@](C)(O)[C@@H](NC(=O)C3CC3)[C@@H]2c2ccccc2)cc1. The Bertz CT molecular complexity index is 831. The zero-order chi connectivity index (χ0) is 20.4. The Morgan fingerprint density at radius 3 is 2.48 bits per heavy atom. The topological polar surface area (TPSA) is 61.8 Å². The third-order valence-corrected chi connectivity index (χ3v) is 6.22. The number of methoxy groups -OCH3 is 1. The highest BCUT2D eigenvalue weighted by Gasteiger charge is 2.47. The molecule has 29 heavy (non-hydrogen) atoms. The largest absolute Gasteiger partial charge is 0.497 e. The van der Waals surface area contributed by atoms with E-state index in [0.29, 0.717) is 6.42 Å². The van der Waals surface area contributed by atoms with Gasteiger partial charge in [0, 0.05) is 19.0 Å². The molecule has 1 amide bonds. The summed E-state index contributed by atoms with van der Waals surface area (Å²) >= 11 is 0. The van der Waals surface area contributed by atoms with Crippen LogP contribution in [0.3, 0.4) is 0 Å². The average molecular weight is 395 g/mol. The lowest BCUT2D eigenvalue weighted by molar-refractivity contribution is -0.130. The molecule has 0 bridgehead atoms. The fourth-order valence-electron chi connectivity index (χ4n) is 4.26. The number of hydrogen-bond acceptors (Lipinski definition) is 4. The van der Waals surface area contributed by atoms with Crippen molar-refractivity contribution in [2.45, 2.75) is 50.4 Å². The van der Waals surface area contributed by atoms with Gasteiger partial charge in [0.1, 0.15) is 5.75 Å². The number of rotatable bonds is 6. The first kappa shape index (κ1) is 19.9. The Kier molecular flexibility index (Phi) is 5.61. The second-order valence-corrected chi connectivity index (χ2v) is 8.54. The zero-order valence-electron chi connectivity index (χ0n) is 17.2. The third kappa shape index (κ3) is 4.46. The van der Waals surface area contributed by atoms with Crippen molar-refractivity contribution in [2.75, 3.05) is 13.7 Å². The standard InChI is InChI=1S/C24H30N2O3/c1-24(28)14-15-26(16-17-8-12-20(29-2)13-9-17)21(18-6-4-3-5-7-18)22(24)25-23(27)19-10-11-19/h3-9,12-13,19,21-22,28H,10-11,14-16H2,1-2H3,(H,25,27)/t21-,22-,24+/m0/s1. The number of likely N-dealkylation sites (tertiary alicyclic amines) is 1. The molecule has 4 rings (SSSR count). The van der Waals surface area contributed by atoms with Gasteiger partial charge in [0.25, 0.3) is 0 Å². The van der Waals surface area contributed by atoms with Gasteiger partial charge in [-0.25, -0.2) is 0 Å². The van der Waals surface area contributed by atoms with Crippen molar-refractivity contribution < 1.29 is 14.6 Å². The van der Waals surface area contributed by atoms with Crippen LogP contribution in [0.4, 0.5) is 0 Å². The molecule has 0 spiro atoms. The Balaban J connectivity index is 1.64. The van der Waals surface area contributed by atoms with Crippen LogP contribution < -0.4 is 10.1 Å². The monoisotopic (exact) mass is 394 g/mol. The molecule has 154 valence electrons. The number of nitrogens with zero attached hydrogens (tertiary/aromatic N) is 1. The summed E-state index contributed by atoms with van der Waals surface area (Å²) in [6, 6.07) is 17.8. The van der Waals surface area contributed by atoms with Crippen molar-refractivity contribution in [3.8, 4) is 5.75 Å². The number of benzene rings is 2. The van der Waals surface area contributed by atoms with E-state index in [2.05, 4.69) is 34.5 Å². The van der Waals surface area contributed by atoms with Gasteiger partial charge in [-0.2, -0.15) is 0 Å². The fourth-order valence-corrected chi connectivity index (χ4v) is 4.26. The van der Waals surface area contributed by atoms with E-state index in [0.717, 1.165) is 37.2 Å². The zero-order valence-corrected chi connectivity index (χ0v) is 17.2. The quantitative estimate of drug-likeness (QED) is 0.789. The van der Waals surface area contributed by atoms with Crippen molar-refractivity contribution in [3.05, 3.63) is 65.7 Å². The molecule has 1 heterocycles. The van der Waals surface area contributed by atoms with Gasteiger partial charge >= 0.3 is 0 Å². The van der Waals surface area contributed by atoms with E-state index >= 15 is 0 Å². The van der Waals surface area contributed by atoms with Crippen LogP contribution in [0.1, 0.15) is 43.4 Å². The molecular formula is C24H30N2O3. The minimum atomic E-state index is -0.957. The maximum Gasteiger partial charge on any atom is 0.223 e. The van der Waals surface area contributed by atoms with Gasteiger partial charge in [0.2, 0.25) is 5.91 Å². The van der Waals surface area contributed by atoms with Gasteiger partial charge < -0.3 is 15.2 Å². The molecule has 2 aromatic rings. The summed E-state index contributed by atoms with van der Waals surface area (Å²) in [6.45, 7) is 3.36. The van der Waals surface area contributed by atoms with E-state index in [1.165, 1.54) is 5.56 Å².